The Hall–Kier alpha value is -1.59. The van der Waals surface area contributed by atoms with Gasteiger partial charge in [-0.15, -0.1) is 0 Å². The van der Waals surface area contributed by atoms with Gasteiger partial charge in [-0.25, -0.2) is 0 Å². The van der Waals surface area contributed by atoms with Crippen molar-refractivity contribution < 1.29 is 9.26 Å². The summed E-state index contributed by atoms with van der Waals surface area (Å²) >= 11 is 5.84. The van der Waals surface area contributed by atoms with Crippen LogP contribution in [-0.2, 0) is 16.9 Å². The highest BCUT2D eigenvalue weighted by atomic mass is 35.5. The molecular formula is C14H16ClN3O2. The van der Waals surface area contributed by atoms with E-state index in [1.165, 1.54) is 0 Å². The molecule has 20 heavy (non-hydrogen) atoms. The molecule has 3 rings (SSSR count). The van der Waals surface area contributed by atoms with Crippen molar-refractivity contribution in [1.29, 1.82) is 0 Å². The van der Waals surface area contributed by atoms with Crippen molar-refractivity contribution in [3.05, 3.63) is 41.0 Å². The van der Waals surface area contributed by atoms with Crippen LogP contribution >= 0.6 is 11.6 Å². The largest absolute Gasteiger partial charge is 0.376 e. The van der Waals surface area contributed by atoms with Crippen LogP contribution < -0.4 is 5.32 Å². The fourth-order valence-electron chi connectivity index (χ4n) is 2.27. The average molecular weight is 294 g/mol. The zero-order valence-corrected chi connectivity index (χ0v) is 12.0. The molecule has 0 amide bonds. The zero-order valence-electron chi connectivity index (χ0n) is 11.2. The van der Waals surface area contributed by atoms with Gasteiger partial charge in [0.05, 0.1) is 6.54 Å². The lowest BCUT2D eigenvalue weighted by molar-refractivity contribution is -0.0858. The van der Waals surface area contributed by atoms with Crippen LogP contribution in [0.15, 0.2) is 28.8 Å². The molecule has 1 aliphatic carbocycles. The molecule has 1 N–H and O–H groups in total. The molecule has 0 bridgehead atoms. The number of rotatable bonds is 5. The average Bonchev–Trinajstić information content (AvgIpc) is 2.87. The molecule has 0 saturated heterocycles. The standard InChI is InChI=1S/C14H16ClN3O2/c1-19-14(7-2-8-14)13-17-12(20-18-13)9-16-11-5-3-10(15)4-6-11/h3-6,16H,2,7-9H2,1H3. The first-order valence-corrected chi connectivity index (χ1v) is 6.97. The van der Waals surface area contributed by atoms with E-state index in [0.717, 1.165) is 24.9 Å². The third kappa shape index (κ3) is 2.51. The fourth-order valence-corrected chi connectivity index (χ4v) is 2.40. The van der Waals surface area contributed by atoms with Crippen molar-refractivity contribution in [3.63, 3.8) is 0 Å². The molecule has 1 aromatic carbocycles. The molecule has 1 aliphatic rings. The summed E-state index contributed by atoms with van der Waals surface area (Å²) in [7, 11) is 1.70. The third-order valence-corrected chi connectivity index (χ3v) is 3.97. The summed E-state index contributed by atoms with van der Waals surface area (Å²) in [4.78, 5) is 4.42. The molecule has 2 aromatic rings. The summed E-state index contributed by atoms with van der Waals surface area (Å²) < 4.78 is 10.8. The van der Waals surface area contributed by atoms with Gasteiger partial charge in [-0.1, -0.05) is 16.8 Å². The summed E-state index contributed by atoms with van der Waals surface area (Å²) in [5.74, 6) is 1.21. The lowest BCUT2D eigenvalue weighted by Gasteiger charge is -2.37. The molecule has 1 aromatic heterocycles. The fraction of sp³-hybridized carbons (Fsp3) is 0.429. The second-order valence-corrected chi connectivity index (χ2v) is 5.36. The minimum absolute atomic E-state index is 0.331. The number of hydrogen-bond acceptors (Lipinski definition) is 5. The number of anilines is 1. The molecule has 106 valence electrons. The van der Waals surface area contributed by atoms with Crippen LogP contribution in [0.1, 0.15) is 31.0 Å². The first-order chi connectivity index (χ1) is 9.72. The number of hydrogen-bond donors (Lipinski definition) is 1. The minimum atomic E-state index is -0.331. The number of benzene rings is 1. The molecule has 0 aliphatic heterocycles. The normalized spacial score (nSPS) is 16.7. The summed E-state index contributed by atoms with van der Waals surface area (Å²) in [5, 5.41) is 7.96. The second kappa shape index (κ2) is 5.42. The Balaban J connectivity index is 1.64. The number of nitrogens with zero attached hydrogens (tertiary/aromatic N) is 2. The van der Waals surface area contributed by atoms with Gasteiger partial charge in [0, 0.05) is 17.8 Å². The van der Waals surface area contributed by atoms with Gasteiger partial charge in [-0.3, -0.25) is 0 Å². The zero-order chi connectivity index (χ0) is 14.0. The molecule has 0 atom stereocenters. The van der Waals surface area contributed by atoms with E-state index in [2.05, 4.69) is 15.5 Å². The second-order valence-electron chi connectivity index (χ2n) is 4.92. The number of methoxy groups -OCH3 is 1. The molecule has 1 saturated carbocycles. The number of halogens is 1. The SMILES string of the molecule is COC1(c2noc(CNc3ccc(Cl)cc3)n2)CCC1. The third-order valence-electron chi connectivity index (χ3n) is 3.72. The van der Waals surface area contributed by atoms with E-state index in [4.69, 9.17) is 20.9 Å². The van der Waals surface area contributed by atoms with E-state index < -0.39 is 0 Å². The number of aromatic nitrogens is 2. The van der Waals surface area contributed by atoms with Crippen LogP contribution in [0, 0.1) is 0 Å². The van der Waals surface area contributed by atoms with Gasteiger partial charge in [0.25, 0.3) is 0 Å². The topological polar surface area (TPSA) is 60.2 Å². The van der Waals surface area contributed by atoms with Gasteiger partial charge in [0.1, 0.15) is 5.60 Å². The number of ether oxygens (including phenoxy) is 1. The molecule has 6 heteroatoms. The Labute approximate surface area is 122 Å². The summed E-state index contributed by atoms with van der Waals surface area (Å²) in [6.45, 7) is 0.481. The Kier molecular flexibility index (Phi) is 3.63. The Morgan fingerprint density at radius 3 is 2.70 bits per heavy atom. The van der Waals surface area contributed by atoms with Crippen LogP contribution in [-0.4, -0.2) is 17.3 Å². The first-order valence-electron chi connectivity index (χ1n) is 6.59. The van der Waals surface area contributed by atoms with E-state index in [9.17, 15) is 0 Å². The lowest BCUT2D eigenvalue weighted by Crippen LogP contribution is -2.37. The summed E-state index contributed by atoms with van der Waals surface area (Å²) in [5.41, 5.74) is 0.626. The van der Waals surface area contributed by atoms with Crippen LogP contribution in [0.2, 0.25) is 5.02 Å². The molecule has 1 heterocycles. The van der Waals surface area contributed by atoms with E-state index >= 15 is 0 Å². The van der Waals surface area contributed by atoms with Crippen molar-refractivity contribution in [3.8, 4) is 0 Å². The van der Waals surface area contributed by atoms with Gasteiger partial charge in [-0.05, 0) is 43.5 Å². The van der Waals surface area contributed by atoms with Crippen LogP contribution in [0.4, 0.5) is 5.69 Å². The highest BCUT2D eigenvalue weighted by Crippen LogP contribution is 2.42. The van der Waals surface area contributed by atoms with Gasteiger partial charge >= 0.3 is 0 Å². The smallest absolute Gasteiger partial charge is 0.246 e. The maximum absolute atomic E-state index is 5.84. The quantitative estimate of drug-likeness (QED) is 0.916. The maximum atomic E-state index is 5.84. The lowest BCUT2D eigenvalue weighted by atomic mass is 9.79. The van der Waals surface area contributed by atoms with Crippen LogP contribution in [0.5, 0.6) is 0 Å². The summed E-state index contributed by atoms with van der Waals surface area (Å²) in [6.07, 6.45) is 3.04. The van der Waals surface area contributed by atoms with E-state index in [1.807, 2.05) is 24.3 Å². The Morgan fingerprint density at radius 1 is 1.35 bits per heavy atom. The predicted molar refractivity (Wildman–Crippen MR) is 75.6 cm³/mol. The van der Waals surface area contributed by atoms with E-state index in [1.54, 1.807) is 7.11 Å². The molecule has 0 spiro atoms. The first kappa shape index (κ1) is 13.4. The monoisotopic (exact) mass is 293 g/mol. The van der Waals surface area contributed by atoms with Crippen molar-refractivity contribution in [1.82, 2.24) is 10.1 Å². The Bertz CT molecular complexity index is 573. The van der Waals surface area contributed by atoms with Gasteiger partial charge in [0.15, 0.2) is 0 Å². The Morgan fingerprint density at radius 2 is 2.10 bits per heavy atom. The van der Waals surface area contributed by atoms with Crippen LogP contribution in [0.3, 0.4) is 0 Å². The van der Waals surface area contributed by atoms with Gasteiger partial charge in [0.2, 0.25) is 11.7 Å². The van der Waals surface area contributed by atoms with Gasteiger partial charge < -0.3 is 14.6 Å². The predicted octanol–water partition coefficient (Wildman–Crippen LogP) is 3.36. The molecule has 1 fully saturated rings. The van der Waals surface area contributed by atoms with Crippen molar-refractivity contribution in [2.24, 2.45) is 0 Å². The molecule has 0 unspecified atom stereocenters. The highest BCUT2D eigenvalue weighted by Gasteiger charge is 2.43. The highest BCUT2D eigenvalue weighted by molar-refractivity contribution is 6.30. The molecule has 0 radical (unpaired) electrons. The molecule has 5 nitrogen and oxygen atoms in total. The van der Waals surface area contributed by atoms with Gasteiger partial charge in [-0.2, -0.15) is 4.98 Å². The maximum Gasteiger partial charge on any atom is 0.246 e. The van der Waals surface area contributed by atoms with Crippen molar-refractivity contribution in [2.45, 2.75) is 31.4 Å². The van der Waals surface area contributed by atoms with Crippen molar-refractivity contribution >= 4 is 17.3 Å². The van der Waals surface area contributed by atoms with Crippen LogP contribution in [0.25, 0.3) is 0 Å². The van der Waals surface area contributed by atoms with E-state index in [-0.39, 0.29) is 5.60 Å². The summed E-state index contributed by atoms with van der Waals surface area (Å²) in [6, 6.07) is 7.47. The minimum Gasteiger partial charge on any atom is -0.376 e. The molecular weight excluding hydrogens is 278 g/mol. The van der Waals surface area contributed by atoms with Crippen molar-refractivity contribution in [2.75, 3.05) is 12.4 Å². The van der Waals surface area contributed by atoms with E-state index in [0.29, 0.717) is 23.3 Å². The number of nitrogens with one attached hydrogen (secondary N) is 1.